The topological polar surface area (TPSA) is 79.3 Å². The van der Waals surface area contributed by atoms with Crippen molar-refractivity contribution in [1.29, 1.82) is 0 Å². The predicted molar refractivity (Wildman–Crippen MR) is 66.2 cm³/mol. The van der Waals surface area contributed by atoms with Crippen molar-refractivity contribution < 1.29 is 14.7 Å². The highest BCUT2D eigenvalue weighted by Crippen LogP contribution is 2.52. The van der Waals surface area contributed by atoms with Crippen molar-refractivity contribution in [2.45, 2.75) is 19.3 Å². The van der Waals surface area contributed by atoms with Crippen LogP contribution in [0, 0.1) is 23.7 Å². The molecule has 1 aromatic rings. The van der Waals surface area contributed by atoms with E-state index >= 15 is 0 Å². The summed E-state index contributed by atoms with van der Waals surface area (Å²) in [5, 5.41) is 14.4. The van der Waals surface area contributed by atoms with Gasteiger partial charge in [-0.3, -0.25) is 9.59 Å². The number of anilines is 1. The maximum atomic E-state index is 12.2. The van der Waals surface area contributed by atoms with Crippen LogP contribution in [-0.2, 0) is 9.59 Å². The Morgan fingerprint density at radius 3 is 2.67 bits per heavy atom. The highest BCUT2D eigenvalue weighted by molar-refractivity contribution is 7.13. The number of hydrogen-bond donors (Lipinski definition) is 2. The van der Waals surface area contributed by atoms with E-state index in [-0.39, 0.29) is 23.7 Å². The number of carbonyl (C=O) groups is 2. The fourth-order valence-corrected chi connectivity index (χ4v) is 4.03. The molecule has 1 heterocycles. The van der Waals surface area contributed by atoms with Crippen LogP contribution in [0.5, 0.6) is 0 Å². The largest absolute Gasteiger partial charge is 0.481 e. The molecule has 5 nitrogen and oxygen atoms in total. The molecular formula is C12H14N2O3S. The molecule has 0 aliphatic heterocycles. The number of carboxylic acids is 1. The van der Waals surface area contributed by atoms with E-state index in [9.17, 15) is 14.7 Å². The van der Waals surface area contributed by atoms with Crippen LogP contribution in [0.1, 0.15) is 19.3 Å². The molecule has 18 heavy (non-hydrogen) atoms. The zero-order valence-corrected chi connectivity index (χ0v) is 10.5. The Morgan fingerprint density at radius 2 is 2.06 bits per heavy atom. The van der Waals surface area contributed by atoms with E-state index in [1.165, 1.54) is 11.3 Å². The van der Waals surface area contributed by atoms with Crippen molar-refractivity contribution in [3.8, 4) is 0 Å². The molecule has 4 atom stereocenters. The number of nitrogens with one attached hydrogen (secondary N) is 1. The quantitative estimate of drug-likeness (QED) is 0.874. The lowest BCUT2D eigenvalue weighted by molar-refractivity contribution is -0.148. The zero-order valence-electron chi connectivity index (χ0n) is 9.70. The number of nitrogens with zero attached hydrogens (tertiary/aromatic N) is 1. The highest BCUT2D eigenvalue weighted by atomic mass is 32.1. The minimum absolute atomic E-state index is 0.176. The number of aliphatic carboxylic acids is 1. The van der Waals surface area contributed by atoms with E-state index in [0.717, 1.165) is 19.3 Å². The zero-order chi connectivity index (χ0) is 12.7. The van der Waals surface area contributed by atoms with Crippen molar-refractivity contribution in [3.05, 3.63) is 11.6 Å². The van der Waals surface area contributed by atoms with Gasteiger partial charge >= 0.3 is 5.97 Å². The smallest absolute Gasteiger partial charge is 0.307 e. The van der Waals surface area contributed by atoms with Crippen LogP contribution in [0.2, 0.25) is 0 Å². The normalized spacial score (nSPS) is 33.6. The fourth-order valence-electron chi connectivity index (χ4n) is 3.50. The monoisotopic (exact) mass is 266 g/mol. The van der Waals surface area contributed by atoms with Crippen LogP contribution in [0.25, 0.3) is 0 Å². The second-order valence-corrected chi connectivity index (χ2v) is 5.94. The van der Waals surface area contributed by atoms with Crippen molar-refractivity contribution in [2.24, 2.45) is 23.7 Å². The van der Waals surface area contributed by atoms with E-state index < -0.39 is 11.9 Å². The Balaban J connectivity index is 1.78. The van der Waals surface area contributed by atoms with Gasteiger partial charge in [-0.25, -0.2) is 4.98 Å². The second-order valence-electron chi connectivity index (χ2n) is 5.05. The van der Waals surface area contributed by atoms with Crippen LogP contribution in [0.4, 0.5) is 5.13 Å². The van der Waals surface area contributed by atoms with E-state index in [1.54, 1.807) is 11.6 Å². The third kappa shape index (κ3) is 1.80. The van der Waals surface area contributed by atoms with Gasteiger partial charge in [0.25, 0.3) is 0 Å². The standard InChI is InChI=1S/C12H14N2O3S/c15-10(14-12-13-3-4-18-12)8-6-1-2-7(5-6)9(8)11(16)17/h3-4,6-9H,1-2,5H2,(H,16,17)(H,13,14,15)/t6-,7-,8+,9+/m0/s1. The molecule has 0 radical (unpaired) electrons. The Bertz CT molecular complexity index is 474. The van der Waals surface area contributed by atoms with Crippen molar-refractivity contribution in [3.63, 3.8) is 0 Å². The summed E-state index contributed by atoms with van der Waals surface area (Å²) in [6, 6.07) is 0. The van der Waals surface area contributed by atoms with Crippen molar-refractivity contribution in [1.82, 2.24) is 4.98 Å². The molecule has 0 aromatic carbocycles. The SMILES string of the molecule is O=C(O)[C@@H]1[C@H]2CC[C@@H](C2)[C@H]1C(=O)Nc1nccs1. The summed E-state index contributed by atoms with van der Waals surface area (Å²) >= 11 is 1.35. The number of amides is 1. The first-order chi connectivity index (χ1) is 8.66. The molecule has 1 amide bonds. The third-order valence-corrected chi connectivity index (χ3v) is 4.86. The lowest BCUT2D eigenvalue weighted by Crippen LogP contribution is -2.37. The van der Waals surface area contributed by atoms with E-state index in [4.69, 9.17) is 0 Å². The lowest BCUT2D eigenvalue weighted by Gasteiger charge is -2.26. The molecule has 2 aliphatic rings. The van der Waals surface area contributed by atoms with E-state index in [0.29, 0.717) is 5.13 Å². The Labute approximate surface area is 108 Å². The summed E-state index contributed by atoms with van der Waals surface area (Å²) in [5.74, 6) is -1.49. The van der Waals surface area contributed by atoms with Gasteiger partial charge in [-0.15, -0.1) is 11.3 Å². The first-order valence-corrected chi connectivity index (χ1v) is 6.98. The number of hydrogen-bond acceptors (Lipinski definition) is 4. The number of thiazole rings is 1. The molecule has 0 saturated heterocycles. The van der Waals surface area contributed by atoms with Gasteiger partial charge < -0.3 is 10.4 Å². The minimum atomic E-state index is -0.832. The van der Waals surface area contributed by atoms with E-state index in [2.05, 4.69) is 10.3 Å². The summed E-state index contributed by atoms with van der Waals surface area (Å²) in [7, 11) is 0. The number of aromatic nitrogens is 1. The summed E-state index contributed by atoms with van der Waals surface area (Å²) in [4.78, 5) is 27.5. The Kier molecular flexibility index (Phi) is 2.81. The molecule has 96 valence electrons. The molecule has 0 spiro atoms. The van der Waals surface area contributed by atoms with Gasteiger partial charge in [0.05, 0.1) is 11.8 Å². The summed E-state index contributed by atoms with van der Waals surface area (Å²) in [5.41, 5.74) is 0. The maximum Gasteiger partial charge on any atom is 0.307 e. The van der Waals surface area contributed by atoms with Crippen LogP contribution in [0.3, 0.4) is 0 Å². The van der Waals surface area contributed by atoms with Crippen molar-refractivity contribution >= 4 is 28.3 Å². The Morgan fingerprint density at radius 1 is 1.33 bits per heavy atom. The highest BCUT2D eigenvalue weighted by Gasteiger charge is 2.54. The molecule has 0 unspecified atom stereocenters. The summed E-state index contributed by atoms with van der Waals surface area (Å²) in [6.07, 6.45) is 4.43. The van der Waals surface area contributed by atoms with Gasteiger partial charge in [-0.05, 0) is 31.1 Å². The molecule has 6 heteroatoms. The van der Waals surface area contributed by atoms with Gasteiger partial charge in [0.2, 0.25) is 5.91 Å². The lowest BCUT2D eigenvalue weighted by atomic mass is 9.79. The molecule has 1 aromatic heterocycles. The predicted octanol–water partition coefficient (Wildman–Crippen LogP) is 1.83. The number of rotatable bonds is 3. The molecule has 3 rings (SSSR count). The molecular weight excluding hydrogens is 252 g/mol. The number of carbonyl (C=O) groups excluding carboxylic acids is 1. The fraction of sp³-hybridized carbons (Fsp3) is 0.583. The molecule has 2 aliphatic carbocycles. The van der Waals surface area contributed by atoms with Crippen LogP contribution in [-0.4, -0.2) is 22.0 Å². The van der Waals surface area contributed by atoms with Crippen LogP contribution >= 0.6 is 11.3 Å². The van der Waals surface area contributed by atoms with Crippen molar-refractivity contribution in [2.75, 3.05) is 5.32 Å². The Hall–Kier alpha value is -1.43. The summed E-state index contributed by atoms with van der Waals surface area (Å²) in [6.45, 7) is 0. The maximum absolute atomic E-state index is 12.2. The number of carboxylic acid groups (broad SMARTS) is 1. The summed E-state index contributed by atoms with van der Waals surface area (Å²) < 4.78 is 0. The molecule has 2 N–H and O–H groups in total. The first kappa shape index (κ1) is 11.6. The van der Waals surface area contributed by atoms with Crippen LogP contribution < -0.4 is 5.32 Å². The number of fused-ring (bicyclic) bond motifs is 2. The average Bonchev–Trinajstić information content (AvgIpc) is 3.03. The van der Waals surface area contributed by atoms with Gasteiger partial charge in [-0.2, -0.15) is 0 Å². The van der Waals surface area contributed by atoms with Gasteiger partial charge in [0.15, 0.2) is 5.13 Å². The molecule has 2 fully saturated rings. The minimum Gasteiger partial charge on any atom is -0.481 e. The molecule has 2 saturated carbocycles. The van der Waals surface area contributed by atoms with Gasteiger partial charge in [-0.1, -0.05) is 0 Å². The average molecular weight is 266 g/mol. The second kappa shape index (κ2) is 4.35. The van der Waals surface area contributed by atoms with Crippen LogP contribution in [0.15, 0.2) is 11.6 Å². The molecule has 2 bridgehead atoms. The van der Waals surface area contributed by atoms with Gasteiger partial charge in [0.1, 0.15) is 0 Å². The van der Waals surface area contributed by atoms with E-state index in [1.807, 2.05) is 0 Å². The first-order valence-electron chi connectivity index (χ1n) is 6.10. The van der Waals surface area contributed by atoms with Gasteiger partial charge in [0, 0.05) is 11.6 Å². The third-order valence-electron chi connectivity index (χ3n) is 4.17.